The number of para-hydroxylation sites is 1. The van der Waals surface area contributed by atoms with Crippen molar-refractivity contribution in [2.24, 2.45) is 0 Å². The van der Waals surface area contributed by atoms with Crippen molar-refractivity contribution in [2.45, 2.75) is 31.9 Å². The second-order valence-electron chi connectivity index (χ2n) is 7.55. The van der Waals surface area contributed by atoms with Crippen LogP contribution in [-0.2, 0) is 9.53 Å². The summed E-state index contributed by atoms with van der Waals surface area (Å²) in [6, 6.07) is 14.1. The normalized spacial score (nSPS) is 17.6. The average Bonchev–Trinajstić information content (AvgIpc) is 3.58. The van der Waals surface area contributed by atoms with E-state index in [0.29, 0.717) is 24.7 Å². The van der Waals surface area contributed by atoms with Crippen LogP contribution in [0.15, 0.2) is 48.7 Å². The number of carbonyl (C=O) groups excluding carboxylic acids is 2. The highest BCUT2D eigenvalue weighted by molar-refractivity contribution is 5.92. The summed E-state index contributed by atoms with van der Waals surface area (Å²) in [5.41, 5.74) is 1.51. The van der Waals surface area contributed by atoms with E-state index < -0.39 is 12.1 Å². The van der Waals surface area contributed by atoms with Crippen LogP contribution < -0.4 is 10.2 Å². The molecule has 1 unspecified atom stereocenters. The zero-order valence-electron chi connectivity index (χ0n) is 16.6. The number of hydrogen-bond donors (Lipinski definition) is 1. The minimum atomic E-state index is -0.824. The molecule has 1 N–H and O–H groups in total. The van der Waals surface area contributed by atoms with Crippen molar-refractivity contribution in [3.8, 4) is 0 Å². The van der Waals surface area contributed by atoms with Crippen molar-refractivity contribution in [3.05, 3.63) is 54.2 Å². The van der Waals surface area contributed by atoms with E-state index in [2.05, 4.69) is 27.3 Å². The zero-order valence-corrected chi connectivity index (χ0v) is 16.6. The molecule has 1 aromatic heterocycles. The van der Waals surface area contributed by atoms with Gasteiger partial charge in [0.05, 0.1) is 5.56 Å². The number of ether oxygens (including phenoxy) is 1. The Bertz CT molecular complexity index is 844. The molecule has 0 bridgehead atoms. The number of carbonyl (C=O) groups is 2. The topological polar surface area (TPSA) is 74.8 Å². The first-order chi connectivity index (χ1) is 14.1. The highest BCUT2D eigenvalue weighted by Crippen LogP contribution is 2.23. The maximum absolute atomic E-state index is 12.7. The number of nitrogens with zero attached hydrogens (tertiary/aromatic N) is 3. The van der Waals surface area contributed by atoms with Gasteiger partial charge in [-0.15, -0.1) is 0 Å². The third-order valence-electron chi connectivity index (χ3n) is 5.27. The van der Waals surface area contributed by atoms with E-state index in [4.69, 9.17) is 4.74 Å². The number of hydrogen-bond acceptors (Lipinski definition) is 6. The highest BCUT2D eigenvalue weighted by atomic mass is 16.5. The Hall–Kier alpha value is -3.09. The fraction of sp³-hybridized carbons (Fsp3) is 0.409. The van der Waals surface area contributed by atoms with E-state index in [9.17, 15) is 9.59 Å². The SMILES string of the molecule is CC(OC(=O)c1ccc(NC2CC2)nc1)C(=O)N1CCN(c2ccccc2)CC1. The molecule has 0 radical (unpaired) electrons. The summed E-state index contributed by atoms with van der Waals surface area (Å²) >= 11 is 0. The molecule has 1 aliphatic carbocycles. The number of esters is 1. The van der Waals surface area contributed by atoms with Gasteiger partial charge in [0, 0.05) is 44.1 Å². The maximum Gasteiger partial charge on any atom is 0.340 e. The third-order valence-corrected chi connectivity index (χ3v) is 5.27. The molecular formula is C22H26N4O3. The first-order valence-electron chi connectivity index (χ1n) is 10.1. The van der Waals surface area contributed by atoms with Gasteiger partial charge >= 0.3 is 5.97 Å². The molecule has 2 aromatic rings. The minimum Gasteiger partial charge on any atom is -0.449 e. The molecule has 1 saturated heterocycles. The quantitative estimate of drug-likeness (QED) is 0.759. The lowest BCUT2D eigenvalue weighted by atomic mass is 10.2. The summed E-state index contributed by atoms with van der Waals surface area (Å²) in [6.07, 6.45) is 2.98. The zero-order chi connectivity index (χ0) is 20.2. The van der Waals surface area contributed by atoms with E-state index in [1.807, 2.05) is 18.2 Å². The number of benzene rings is 1. The fourth-order valence-electron chi connectivity index (χ4n) is 3.40. The summed E-state index contributed by atoms with van der Waals surface area (Å²) in [5.74, 6) is 0.0646. The number of pyridine rings is 1. The van der Waals surface area contributed by atoms with Gasteiger partial charge in [-0.25, -0.2) is 9.78 Å². The summed E-state index contributed by atoms with van der Waals surface area (Å²) in [5, 5.41) is 3.27. The molecule has 1 aliphatic heterocycles. The molecule has 2 heterocycles. The molecule has 2 fully saturated rings. The van der Waals surface area contributed by atoms with Crippen LogP contribution >= 0.6 is 0 Å². The van der Waals surface area contributed by atoms with E-state index in [0.717, 1.165) is 37.4 Å². The molecule has 4 rings (SSSR count). The van der Waals surface area contributed by atoms with Gasteiger partial charge in [0.2, 0.25) is 0 Å². The molecule has 1 atom stereocenters. The molecule has 0 spiro atoms. The van der Waals surface area contributed by atoms with Crippen LogP contribution in [-0.4, -0.2) is 60.1 Å². The molecule has 1 aromatic carbocycles. The Morgan fingerprint density at radius 1 is 1.07 bits per heavy atom. The Morgan fingerprint density at radius 3 is 2.41 bits per heavy atom. The number of aromatic nitrogens is 1. The lowest BCUT2D eigenvalue weighted by Gasteiger charge is -2.37. The van der Waals surface area contributed by atoms with Gasteiger partial charge in [0.25, 0.3) is 5.91 Å². The van der Waals surface area contributed by atoms with Crippen molar-refractivity contribution >= 4 is 23.4 Å². The number of amides is 1. The van der Waals surface area contributed by atoms with Crippen LogP contribution in [0.1, 0.15) is 30.1 Å². The van der Waals surface area contributed by atoms with Crippen LogP contribution in [0.25, 0.3) is 0 Å². The van der Waals surface area contributed by atoms with Crippen molar-refractivity contribution in [1.29, 1.82) is 0 Å². The molecular weight excluding hydrogens is 368 g/mol. The number of anilines is 2. The van der Waals surface area contributed by atoms with Crippen molar-refractivity contribution in [3.63, 3.8) is 0 Å². The smallest absolute Gasteiger partial charge is 0.340 e. The monoisotopic (exact) mass is 394 g/mol. The summed E-state index contributed by atoms with van der Waals surface area (Å²) < 4.78 is 5.39. The molecule has 2 aliphatic rings. The highest BCUT2D eigenvalue weighted by Gasteiger charge is 2.28. The molecule has 7 nitrogen and oxygen atoms in total. The number of piperazine rings is 1. The van der Waals surface area contributed by atoms with E-state index in [1.54, 1.807) is 24.0 Å². The fourth-order valence-corrected chi connectivity index (χ4v) is 3.40. The molecule has 152 valence electrons. The van der Waals surface area contributed by atoms with Crippen LogP contribution in [0.3, 0.4) is 0 Å². The molecule has 1 saturated carbocycles. The first kappa shape index (κ1) is 19.2. The second kappa shape index (κ2) is 8.51. The van der Waals surface area contributed by atoms with Gasteiger partial charge in [0.1, 0.15) is 5.82 Å². The number of nitrogens with one attached hydrogen (secondary N) is 1. The molecule has 7 heteroatoms. The molecule has 1 amide bonds. The van der Waals surface area contributed by atoms with E-state index in [-0.39, 0.29) is 5.91 Å². The Kier molecular flexibility index (Phi) is 5.64. The van der Waals surface area contributed by atoms with Gasteiger partial charge in [-0.2, -0.15) is 0 Å². The maximum atomic E-state index is 12.7. The van der Waals surface area contributed by atoms with Gasteiger partial charge in [-0.05, 0) is 44.0 Å². The summed E-state index contributed by atoms with van der Waals surface area (Å²) in [4.78, 5) is 33.3. The standard InChI is InChI=1S/C22H26N4O3/c1-16(29-22(28)17-7-10-20(23-15-17)24-18-8-9-18)21(27)26-13-11-25(12-14-26)19-5-3-2-4-6-19/h2-7,10,15-16,18H,8-9,11-14H2,1H3,(H,23,24). The third kappa shape index (κ3) is 4.85. The van der Waals surface area contributed by atoms with Crippen LogP contribution in [0.4, 0.5) is 11.5 Å². The Balaban J connectivity index is 1.27. The Morgan fingerprint density at radius 2 is 1.79 bits per heavy atom. The summed E-state index contributed by atoms with van der Waals surface area (Å²) in [7, 11) is 0. The van der Waals surface area contributed by atoms with Crippen LogP contribution in [0.2, 0.25) is 0 Å². The molecule has 29 heavy (non-hydrogen) atoms. The van der Waals surface area contributed by atoms with Crippen molar-refractivity contribution in [1.82, 2.24) is 9.88 Å². The lowest BCUT2D eigenvalue weighted by Crippen LogP contribution is -2.51. The number of rotatable bonds is 6. The average molecular weight is 394 g/mol. The van der Waals surface area contributed by atoms with Gasteiger partial charge in [0.15, 0.2) is 6.10 Å². The Labute approximate surface area is 170 Å². The minimum absolute atomic E-state index is 0.161. The van der Waals surface area contributed by atoms with Crippen molar-refractivity contribution < 1.29 is 14.3 Å². The predicted molar refractivity (Wildman–Crippen MR) is 111 cm³/mol. The van der Waals surface area contributed by atoms with Crippen LogP contribution in [0, 0.1) is 0 Å². The largest absolute Gasteiger partial charge is 0.449 e. The van der Waals surface area contributed by atoms with Gasteiger partial charge < -0.3 is 19.9 Å². The van der Waals surface area contributed by atoms with Crippen molar-refractivity contribution in [2.75, 3.05) is 36.4 Å². The second-order valence-corrected chi connectivity index (χ2v) is 7.55. The van der Waals surface area contributed by atoms with E-state index >= 15 is 0 Å². The van der Waals surface area contributed by atoms with E-state index in [1.165, 1.54) is 6.20 Å². The predicted octanol–water partition coefficient (Wildman–Crippen LogP) is 2.55. The van der Waals surface area contributed by atoms with Gasteiger partial charge in [-0.3, -0.25) is 4.79 Å². The summed E-state index contributed by atoms with van der Waals surface area (Å²) in [6.45, 7) is 4.36. The van der Waals surface area contributed by atoms with Gasteiger partial charge in [-0.1, -0.05) is 18.2 Å². The first-order valence-corrected chi connectivity index (χ1v) is 10.1. The lowest BCUT2D eigenvalue weighted by molar-refractivity contribution is -0.140. The van der Waals surface area contributed by atoms with Crippen LogP contribution in [0.5, 0.6) is 0 Å².